The Bertz CT molecular complexity index is 914. The van der Waals surface area contributed by atoms with Crippen LogP contribution in [0.25, 0.3) is 0 Å². The number of anilines is 1. The van der Waals surface area contributed by atoms with Crippen LogP contribution in [0.5, 0.6) is 5.75 Å². The lowest BCUT2D eigenvalue weighted by Crippen LogP contribution is -2.23. The van der Waals surface area contributed by atoms with Crippen LogP contribution < -0.4 is 10.1 Å². The maximum atomic E-state index is 12.5. The maximum absolute atomic E-state index is 12.5. The first-order valence-corrected chi connectivity index (χ1v) is 9.00. The molecular weight excluding hydrogens is 374 g/mol. The van der Waals surface area contributed by atoms with Crippen molar-refractivity contribution in [3.05, 3.63) is 59.2 Å². The molecule has 0 unspecified atom stereocenters. The van der Waals surface area contributed by atoms with E-state index < -0.39 is 17.8 Å². The highest BCUT2D eigenvalue weighted by molar-refractivity contribution is 6.03. The minimum atomic E-state index is -0.643. The van der Waals surface area contributed by atoms with E-state index in [1.54, 1.807) is 6.07 Å². The van der Waals surface area contributed by atoms with Gasteiger partial charge in [0.05, 0.1) is 31.0 Å². The summed E-state index contributed by atoms with van der Waals surface area (Å²) in [5.41, 5.74) is 1.26. The molecule has 2 aromatic carbocycles. The Balaban J connectivity index is 2.20. The minimum absolute atomic E-state index is 0.114. The molecule has 7 heteroatoms. The molecular formula is C22H25NO6. The van der Waals surface area contributed by atoms with Crippen molar-refractivity contribution >= 4 is 23.5 Å². The summed E-state index contributed by atoms with van der Waals surface area (Å²) in [7, 11) is 2.48. The van der Waals surface area contributed by atoms with E-state index >= 15 is 0 Å². The van der Waals surface area contributed by atoms with Crippen LogP contribution in [0.1, 0.15) is 47.1 Å². The van der Waals surface area contributed by atoms with Gasteiger partial charge >= 0.3 is 11.9 Å². The van der Waals surface area contributed by atoms with Gasteiger partial charge in [-0.05, 0) is 35.2 Å². The van der Waals surface area contributed by atoms with Gasteiger partial charge in [0, 0.05) is 0 Å². The lowest BCUT2D eigenvalue weighted by molar-refractivity contribution is -0.118. The molecule has 0 aromatic heterocycles. The van der Waals surface area contributed by atoms with Gasteiger partial charge < -0.3 is 19.5 Å². The summed E-state index contributed by atoms with van der Waals surface area (Å²) in [5, 5.41) is 2.60. The number of carbonyl (C=O) groups is 3. The molecule has 1 amide bonds. The number of esters is 2. The molecule has 0 bridgehead atoms. The van der Waals surface area contributed by atoms with Crippen molar-refractivity contribution in [2.45, 2.75) is 26.2 Å². The number of hydrogen-bond acceptors (Lipinski definition) is 6. The summed E-state index contributed by atoms with van der Waals surface area (Å²) < 4.78 is 15.1. The predicted molar refractivity (Wildman–Crippen MR) is 108 cm³/mol. The van der Waals surface area contributed by atoms with E-state index in [1.165, 1.54) is 32.4 Å². The Kier molecular flexibility index (Phi) is 6.98. The number of para-hydroxylation sites is 1. The highest BCUT2D eigenvalue weighted by Crippen LogP contribution is 2.31. The number of amides is 1. The van der Waals surface area contributed by atoms with E-state index in [0.717, 1.165) is 5.56 Å². The highest BCUT2D eigenvalue weighted by atomic mass is 16.5. The van der Waals surface area contributed by atoms with Crippen molar-refractivity contribution in [3.8, 4) is 5.75 Å². The Morgan fingerprint density at radius 1 is 0.931 bits per heavy atom. The summed E-state index contributed by atoms with van der Waals surface area (Å²) in [6, 6.07) is 11.7. The summed E-state index contributed by atoms with van der Waals surface area (Å²) >= 11 is 0. The van der Waals surface area contributed by atoms with Gasteiger partial charge in [0.25, 0.3) is 5.91 Å². The fourth-order valence-electron chi connectivity index (χ4n) is 2.72. The van der Waals surface area contributed by atoms with Crippen LogP contribution in [0.2, 0.25) is 0 Å². The average Bonchev–Trinajstić information content (AvgIpc) is 2.70. The van der Waals surface area contributed by atoms with E-state index in [1.807, 2.05) is 18.2 Å². The van der Waals surface area contributed by atoms with Gasteiger partial charge in [0.2, 0.25) is 0 Å². The largest absolute Gasteiger partial charge is 0.483 e. The number of ether oxygens (including phenoxy) is 3. The molecule has 0 spiro atoms. The first kappa shape index (κ1) is 21.9. The van der Waals surface area contributed by atoms with Gasteiger partial charge in [0.15, 0.2) is 6.61 Å². The Morgan fingerprint density at radius 3 is 2.21 bits per heavy atom. The Labute approximate surface area is 170 Å². The minimum Gasteiger partial charge on any atom is -0.483 e. The molecule has 154 valence electrons. The van der Waals surface area contributed by atoms with Gasteiger partial charge in [-0.15, -0.1) is 0 Å². The van der Waals surface area contributed by atoms with Gasteiger partial charge in [0.1, 0.15) is 5.75 Å². The third-order valence-corrected chi connectivity index (χ3v) is 4.17. The van der Waals surface area contributed by atoms with Crippen molar-refractivity contribution in [2.75, 3.05) is 26.1 Å². The summed E-state index contributed by atoms with van der Waals surface area (Å²) in [6.45, 7) is 5.89. The van der Waals surface area contributed by atoms with Crippen LogP contribution in [0.3, 0.4) is 0 Å². The zero-order valence-corrected chi connectivity index (χ0v) is 17.2. The summed E-state index contributed by atoms with van der Waals surface area (Å²) in [6.07, 6.45) is 0. The molecule has 2 aromatic rings. The van der Waals surface area contributed by atoms with Crippen LogP contribution in [0.15, 0.2) is 42.5 Å². The van der Waals surface area contributed by atoms with E-state index in [-0.39, 0.29) is 28.8 Å². The molecule has 0 heterocycles. The SMILES string of the molecule is COC(=O)c1ccc(C(=O)OC)c(NC(=O)COc2ccccc2C(C)(C)C)c1. The molecule has 7 nitrogen and oxygen atoms in total. The standard InChI is InChI=1S/C22H25NO6/c1-22(2,3)16-8-6-7-9-18(16)29-13-19(24)23-17-12-14(20(25)27-4)10-11-15(17)21(26)28-5/h6-12H,13H2,1-5H3,(H,23,24). The fourth-order valence-corrected chi connectivity index (χ4v) is 2.72. The summed E-state index contributed by atoms with van der Waals surface area (Å²) in [5.74, 6) is -1.12. The molecule has 0 saturated heterocycles. The lowest BCUT2D eigenvalue weighted by Gasteiger charge is -2.22. The Morgan fingerprint density at radius 2 is 1.59 bits per heavy atom. The lowest BCUT2D eigenvalue weighted by atomic mass is 9.86. The molecule has 29 heavy (non-hydrogen) atoms. The Hall–Kier alpha value is -3.35. The van der Waals surface area contributed by atoms with Crippen LogP contribution >= 0.6 is 0 Å². The van der Waals surface area contributed by atoms with Crippen molar-refractivity contribution in [3.63, 3.8) is 0 Å². The number of rotatable bonds is 6. The fraction of sp³-hybridized carbons (Fsp3) is 0.318. The molecule has 0 aliphatic heterocycles. The topological polar surface area (TPSA) is 90.9 Å². The maximum Gasteiger partial charge on any atom is 0.339 e. The molecule has 1 N–H and O–H groups in total. The van der Waals surface area contributed by atoms with Crippen LogP contribution in [0, 0.1) is 0 Å². The number of benzene rings is 2. The molecule has 0 saturated carbocycles. The number of nitrogens with one attached hydrogen (secondary N) is 1. The van der Waals surface area contributed by atoms with E-state index in [4.69, 9.17) is 9.47 Å². The highest BCUT2D eigenvalue weighted by Gasteiger charge is 2.20. The number of carbonyl (C=O) groups excluding carboxylic acids is 3. The smallest absolute Gasteiger partial charge is 0.339 e. The number of hydrogen-bond donors (Lipinski definition) is 1. The monoisotopic (exact) mass is 399 g/mol. The van der Waals surface area contributed by atoms with Crippen LogP contribution in [-0.2, 0) is 19.7 Å². The molecule has 0 radical (unpaired) electrons. The molecule has 0 fully saturated rings. The first-order valence-electron chi connectivity index (χ1n) is 9.00. The average molecular weight is 399 g/mol. The van der Waals surface area contributed by atoms with E-state index in [0.29, 0.717) is 5.75 Å². The third-order valence-electron chi connectivity index (χ3n) is 4.17. The van der Waals surface area contributed by atoms with Crippen LogP contribution in [-0.4, -0.2) is 38.7 Å². The number of methoxy groups -OCH3 is 2. The quantitative estimate of drug-likeness (QED) is 0.747. The van der Waals surface area contributed by atoms with Crippen molar-refractivity contribution in [1.29, 1.82) is 0 Å². The third kappa shape index (κ3) is 5.57. The van der Waals surface area contributed by atoms with E-state index in [2.05, 4.69) is 30.8 Å². The molecule has 0 aliphatic rings. The van der Waals surface area contributed by atoms with Crippen LogP contribution in [0.4, 0.5) is 5.69 Å². The van der Waals surface area contributed by atoms with Gasteiger partial charge in [-0.1, -0.05) is 39.0 Å². The van der Waals surface area contributed by atoms with E-state index in [9.17, 15) is 14.4 Å². The normalized spacial score (nSPS) is 10.8. The molecule has 0 aliphatic carbocycles. The zero-order valence-electron chi connectivity index (χ0n) is 17.2. The van der Waals surface area contributed by atoms with Crippen molar-refractivity contribution in [2.24, 2.45) is 0 Å². The van der Waals surface area contributed by atoms with Crippen molar-refractivity contribution in [1.82, 2.24) is 0 Å². The first-order chi connectivity index (χ1) is 13.7. The predicted octanol–water partition coefficient (Wildman–Crippen LogP) is 3.57. The second kappa shape index (κ2) is 9.23. The zero-order chi connectivity index (χ0) is 21.6. The van der Waals surface area contributed by atoms with Gasteiger partial charge in [-0.3, -0.25) is 4.79 Å². The second-order valence-electron chi connectivity index (χ2n) is 7.33. The second-order valence-corrected chi connectivity index (χ2v) is 7.33. The van der Waals surface area contributed by atoms with Gasteiger partial charge in [-0.2, -0.15) is 0 Å². The van der Waals surface area contributed by atoms with Gasteiger partial charge in [-0.25, -0.2) is 9.59 Å². The summed E-state index contributed by atoms with van der Waals surface area (Å²) in [4.78, 5) is 36.2. The molecule has 0 atom stereocenters. The molecule has 2 rings (SSSR count). The van der Waals surface area contributed by atoms with Crippen molar-refractivity contribution < 1.29 is 28.6 Å².